The van der Waals surface area contributed by atoms with E-state index >= 15 is 0 Å². The zero-order chi connectivity index (χ0) is 6.78. The van der Waals surface area contributed by atoms with Crippen LogP contribution < -0.4 is 17.0 Å². The van der Waals surface area contributed by atoms with Crippen molar-refractivity contribution in [3.8, 4) is 0 Å². The molecule has 0 heterocycles. The van der Waals surface area contributed by atoms with Gasteiger partial charge in [0.05, 0.1) is 0 Å². The molecule has 48 valence electrons. The van der Waals surface area contributed by atoms with Crippen LogP contribution in [0.15, 0.2) is 0 Å². The van der Waals surface area contributed by atoms with Crippen LogP contribution in [0.5, 0.6) is 0 Å². The highest BCUT2D eigenvalue weighted by Crippen LogP contribution is 1.71. The Hall–Kier alpha value is -0.810. The number of nitrogens with zero attached hydrogens (tertiary/aromatic N) is 1. The highest BCUT2D eigenvalue weighted by atomic mass is 16.2. The fourth-order valence-electron chi connectivity index (χ4n) is 0.284. The van der Waals surface area contributed by atoms with Gasteiger partial charge in [0.2, 0.25) is 0 Å². The van der Waals surface area contributed by atoms with Crippen LogP contribution in [0, 0.1) is 0 Å². The van der Waals surface area contributed by atoms with E-state index in [0.29, 0.717) is 0 Å². The Labute approximate surface area is 47.8 Å². The molecule has 0 bridgehead atoms. The number of nitrogens with one attached hydrogen (secondary N) is 1. The molecule has 0 unspecified atom stereocenters. The van der Waals surface area contributed by atoms with Crippen LogP contribution in [-0.2, 0) is 0 Å². The summed E-state index contributed by atoms with van der Waals surface area (Å²) in [6.45, 7) is 0. The topological polar surface area (TPSA) is 81.1 Å². The fraction of sp³-hybridized carbons (Fsp3) is 0.667. The summed E-state index contributed by atoms with van der Waals surface area (Å²) < 4.78 is -0.144. The first-order valence-electron chi connectivity index (χ1n) is 2.12. The van der Waals surface area contributed by atoms with Gasteiger partial charge in [0.25, 0.3) is 0 Å². The maximum absolute atomic E-state index is 10.0. The van der Waals surface area contributed by atoms with Crippen LogP contribution in [0.1, 0.15) is 0 Å². The molecular weight excluding hydrogens is 108 g/mol. The third-order valence-electron chi connectivity index (χ3n) is 0.398. The maximum Gasteiger partial charge on any atom is 0.358 e. The first-order chi connectivity index (χ1) is 3.42. The predicted octanol–water partition coefficient (Wildman–Crippen LogP) is -1.48. The minimum atomic E-state index is -0.627. The van der Waals surface area contributed by atoms with Crippen molar-refractivity contribution in [3.05, 3.63) is 0 Å². The molecule has 0 atom stereocenters. The Morgan fingerprint density at radius 3 is 2.00 bits per heavy atom. The van der Waals surface area contributed by atoms with E-state index in [-0.39, 0.29) is 4.70 Å². The second-order valence-corrected chi connectivity index (χ2v) is 2.02. The van der Waals surface area contributed by atoms with Crippen molar-refractivity contribution in [3.63, 3.8) is 0 Å². The van der Waals surface area contributed by atoms with Crippen LogP contribution in [0.3, 0.4) is 0 Å². The minimum absolute atomic E-state index is 0.144. The van der Waals surface area contributed by atoms with E-state index in [1.807, 2.05) is 0 Å². The number of primary amides is 1. The quantitative estimate of drug-likeness (QED) is 0.223. The van der Waals surface area contributed by atoms with E-state index in [2.05, 4.69) is 5.43 Å². The summed E-state index contributed by atoms with van der Waals surface area (Å²) in [6.07, 6.45) is 0. The van der Waals surface area contributed by atoms with E-state index in [4.69, 9.17) is 11.6 Å². The molecule has 0 aromatic carbocycles. The van der Waals surface area contributed by atoms with Gasteiger partial charge in [-0.2, -0.15) is 16.0 Å². The molecule has 5 nitrogen and oxygen atoms in total. The third-order valence-corrected chi connectivity index (χ3v) is 0.398. The smallest absolute Gasteiger partial charge is 0.348 e. The molecule has 0 rings (SSSR count). The number of nitrogens with two attached hydrogens (primary N) is 2. The molecule has 0 aromatic rings. The molecular formula is C3H11N4O+. The van der Waals surface area contributed by atoms with Gasteiger partial charge in [0.1, 0.15) is 14.1 Å². The fourth-order valence-corrected chi connectivity index (χ4v) is 0.284. The third kappa shape index (κ3) is 5.19. The second kappa shape index (κ2) is 1.97. The van der Waals surface area contributed by atoms with E-state index < -0.39 is 6.03 Å². The number of amides is 2. The number of urea groups is 1. The Bertz CT molecular complexity index is 93.9. The van der Waals surface area contributed by atoms with Gasteiger partial charge < -0.3 is 5.73 Å². The van der Waals surface area contributed by atoms with E-state index in [1.54, 1.807) is 14.1 Å². The lowest BCUT2D eigenvalue weighted by atomic mass is 11.0. The molecule has 0 radical (unpaired) electrons. The van der Waals surface area contributed by atoms with Crippen LogP contribution in [0.25, 0.3) is 0 Å². The number of rotatable bonds is 1. The molecule has 0 aliphatic heterocycles. The zero-order valence-electron chi connectivity index (χ0n) is 5.01. The minimum Gasteiger partial charge on any atom is -0.348 e. The largest absolute Gasteiger partial charge is 0.358 e. The van der Waals surface area contributed by atoms with Gasteiger partial charge in [-0.05, 0) is 0 Å². The summed E-state index contributed by atoms with van der Waals surface area (Å²) in [4.78, 5) is 10.0. The summed E-state index contributed by atoms with van der Waals surface area (Å²) in [5, 5.41) is 0. The number of hydrogen-bond acceptors (Lipinski definition) is 2. The molecule has 0 saturated heterocycles. The van der Waals surface area contributed by atoms with Crippen LogP contribution in [-0.4, -0.2) is 24.8 Å². The van der Waals surface area contributed by atoms with Gasteiger partial charge in [-0.25, -0.2) is 4.79 Å². The lowest BCUT2D eigenvalue weighted by Gasteiger charge is -2.19. The summed E-state index contributed by atoms with van der Waals surface area (Å²) in [5.74, 6) is 5.26. The molecule has 0 saturated carbocycles. The molecule has 0 aliphatic rings. The zero-order valence-corrected chi connectivity index (χ0v) is 5.01. The highest BCUT2D eigenvalue weighted by Gasteiger charge is 2.08. The standard InChI is InChI=1S/C3H10N4O/c1-7(2,5)6-3(4)8/h5H2,1-2H3,(H2-,4,6,8)/p+1. The Kier molecular flexibility index (Phi) is 1.77. The molecule has 0 aliphatic carbocycles. The number of carbonyl (C=O) groups excluding carboxylic acids is 1. The average Bonchev–Trinajstić information content (AvgIpc) is 1.21. The van der Waals surface area contributed by atoms with Crippen LogP contribution >= 0.6 is 0 Å². The molecule has 5 heteroatoms. The van der Waals surface area contributed by atoms with Crippen molar-refractivity contribution in [1.82, 2.24) is 5.43 Å². The van der Waals surface area contributed by atoms with Gasteiger partial charge in [-0.1, -0.05) is 0 Å². The summed E-state index contributed by atoms with van der Waals surface area (Å²) in [7, 11) is 3.18. The summed E-state index contributed by atoms with van der Waals surface area (Å²) >= 11 is 0. The monoisotopic (exact) mass is 119 g/mol. The van der Waals surface area contributed by atoms with Crippen LogP contribution in [0.2, 0.25) is 0 Å². The lowest BCUT2D eigenvalue weighted by molar-refractivity contribution is -0.936. The summed E-state index contributed by atoms with van der Waals surface area (Å²) in [6, 6.07) is -0.627. The Morgan fingerprint density at radius 1 is 1.62 bits per heavy atom. The van der Waals surface area contributed by atoms with Crippen molar-refractivity contribution < 1.29 is 9.50 Å². The predicted molar refractivity (Wildman–Crippen MR) is 29.0 cm³/mol. The molecule has 8 heavy (non-hydrogen) atoms. The van der Waals surface area contributed by atoms with Crippen molar-refractivity contribution in [2.45, 2.75) is 0 Å². The molecule has 0 spiro atoms. The van der Waals surface area contributed by atoms with Gasteiger partial charge in [-0.3, -0.25) is 0 Å². The number of hydrogen-bond donors (Lipinski definition) is 3. The van der Waals surface area contributed by atoms with Crippen molar-refractivity contribution in [1.29, 1.82) is 0 Å². The first-order valence-corrected chi connectivity index (χ1v) is 2.12. The second-order valence-electron chi connectivity index (χ2n) is 2.02. The maximum atomic E-state index is 10.0. The summed E-state index contributed by atoms with van der Waals surface area (Å²) in [5.41, 5.74) is 6.97. The highest BCUT2D eigenvalue weighted by molar-refractivity contribution is 5.70. The van der Waals surface area contributed by atoms with Crippen molar-refractivity contribution in [2.75, 3.05) is 14.1 Å². The van der Waals surface area contributed by atoms with E-state index in [1.165, 1.54) is 0 Å². The Balaban J connectivity index is 3.55. The lowest BCUT2D eigenvalue weighted by Crippen LogP contribution is -2.60. The van der Waals surface area contributed by atoms with E-state index in [9.17, 15) is 4.79 Å². The van der Waals surface area contributed by atoms with Crippen LogP contribution in [0.4, 0.5) is 4.79 Å². The normalized spacial score (nSPS) is 10.9. The van der Waals surface area contributed by atoms with Gasteiger partial charge >= 0.3 is 6.03 Å². The SMILES string of the molecule is C[N+](C)(N)NC(N)=O. The van der Waals surface area contributed by atoms with Gasteiger partial charge in [0.15, 0.2) is 0 Å². The molecule has 0 fully saturated rings. The number of quaternary nitrogens is 1. The van der Waals surface area contributed by atoms with Crippen molar-refractivity contribution >= 4 is 6.03 Å². The van der Waals surface area contributed by atoms with Gasteiger partial charge in [0, 0.05) is 0 Å². The average molecular weight is 119 g/mol. The Morgan fingerprint density at radius 2 is 2.00 bits per heavy atom. The molecule has 0 aromatic heterocycles. The van der Waals surface area contributed by atoms with E-state index in [0.717, 1.165) is 0 Å². The molecule has 5 N–H and O–H groups in total. The number of carbonyl (C=O) groups is 1. The van der Waals surface area contributed by atoms with Gasteiger partial charge in [-0.15, -0.1) is 0 Å². The van der Waals surface area contributed by atoms with Crippen molar-refractivity contribution in [2.24, 2.45) is 11.6 Å². The molecule has 2 amide bonds. The first kappa shape index (κ1) is 7.19.